The van der Waals surface area contributed by atoms with E-state index in [-0.39, 0.29) is 0 Å². The first-order valence-electron chi connectivity index (χ1n) is 4.77. The molecule has 0 bridgehead atoms. The largest absolute Gasteiger partial charge is 0.376 e. The molecular formula is C9H19NO2. The highest BCUT2D eigenvalue weighted by atomic mass is 16.6. The van der Waals surface area contributed by atoms with Crippen LogP contribution >= 0.6 is 0 Å². The SMILES string of the molecule is CCCNCC(C)OC1COC1. The average molecular weight is 173 g/mol. The van der Waals surface area contributed by atoms with Crippen molar-refractivity contribution < 1.29 is 9.47 Å². The lowest BCUT2D eigenvalue weighted by Gasteiger charge is -2.29. The molecule has 1 rings (SSSR count). The van der Waals surface area contributed by atoms with Crippen molar-refractivity contribution in [2.75, 3.05) is 26.3 Å². The first kappa shape index (κ1) is 9.96. The van der Waals surface area contributed by atoms with Gasteiger partial charge < -0.3 is 14.8 Å². The second-order valence-electron chi connectivity index (χ2n) is 3.31. The summed E-state index contributed by atoms with van der Waals surface area (Å²) >= 11 is 0. The standard InChI is InChI=1S/C9H19NO2/c1-3-4-10-5-8(2)12-9-6-11-7-9/h8-10H,3-7H2,1-2H3. The normalized spacial score (nSPS) is 20.5. The molecule has 0 spiro atoms. The Hall–Kier alpha value is -0.120. The second kappa shape index (κ2) is 5.51. The Kier molecular flexibility index (Phi) is 4.58. The van der Waals surface area contributed by atoms with Crippen LogP contribution in [0.4, 0.5) is 0 Å². The molecule has 0 aliphatic carbocycles. The molecule has 0 aromatic rings. The van der Waals surface area contributed by atoms with Gasteiger partial charge in [-0.1, -0.05) is 6.92 Å². The molecule has 72 valence electrons. The Morgan fingerprint density at radius 2 is 2.33 bits per heavy atom. The summed E-state index contributed by atoms with van der Waals surface area (Å²) in [7, 11) is 0. The van der Waals surface area contributed by atoms with Crippen LogP contribution in [0, 0.1) is 0 Å². The minimum absolute atomic E-state index is 0.311. The highest BCUT2D eigenvalue weighted by Gasteiger charge is 2.20. The zero-order chi connectivity index (χ0) is 8.81. The highest BCUT2D eigenvalue weighted by molar-refractivity contribution is 4.67. The summed E-state index contributed by atoms with van der Waals surface area (Å²) in [6.45, 7) is 7.84. The van der Waals surface area contributed by atoms with Crippen molar-refractivity contribution in [1.82, 2.24) is 5.32 Å². The van der Waals surface area contributed by atoms with E-state index in [1.165, 1.54) is 6.42 Å². The van der Waals surface area contributed by atoms with Crippen molar-refractivity contribution in [3.8, 4) is 0 Å². The van der Waals surface area contributed by atoms with Crippen molar-refractivity contribution in [2.45, 2.75) is 32.5 Å². The molecule has 1 heterocycles. The molecule has 1 aliphatic rings. The lowest BCUT2D eigenvalue weighted by molar-refractivity contribution is -0.149. The van der Waals surface area contributed by atoms with Gasteiger partial charge in [0.2, 0.25) is 0 Å². The van der Waals surface area contributed by atoms with Crippen molar-refractivity contribution >= 4 is 0 Å². The third-order valence-corrected chi connectivity index (χ3v) is 1.89. The van der Waals surface area contributed by atoms with Crippen LogP contribution in [-0.4, -0.2) is 38.5 Å². The molecule has 0 radical (unpaired) electrons. The van der Waals surface area contributed by atoms with Gasteiger partial charge in [0.1, 0.15) is 6.10 Å². The third kappa shape index (κ3) is 3.52. The van der Waals surface area contributed by atoms with E-state index in [9.17, 15) is 0 Å². The summed E-state index contributed by atoms with van der Waals surface area (Å²) < 4.78 is 10.7. The molecule has 1 N–H and O–H groups in total. The minimum Gasteiger partial charge on any atom is -0.376 e. The topological polar surface area (TPSA) is 30.5 Å². The van der Waals surface area contributed by atoms with Gasteiger partial charge in [-0.2, -0.15) is 0 Å². The van der Waals surface area contributed by atoms with Gasteiger partial charge in [0.25, 0.3) is 0 Å². The number of hydrogen-bond acceptors (Lipinski definition) is 3. The zero-order valence-corrected chi connectivity index (χ0v) is 8.01. The first-order chi connectivity index (χ1) is 5.83. The molecule has 0 amide bonds. The van der Waals surface area contributed by atoms with E-state index >= 15 is 0 Å². The summed E-state index contributed by atoms with van der Waals surface area (Å²) in [6, 6.07) is 0. The summed E-state index contributed by atoms with van der Waals surface area (Å²) in [4.78, 5) is 0. The van der Waals surface area contributed by atoms with Gasteiger partial charge in [-0.3, -0.25) is 0 Å². The fraction of sp³-hybridized carbons (Fsp3) is 1.00. The van der Waals surface area contributed by atoms with Crippen LogP contribution in [0.15, 0.2) is 0 Å². The van der Waals surface area contributed by atoms with Gasteiger partial charge in [0.05, 0.1) is 19.3 Å². The first-order valence-corrected chi connectivity index (χ1v) is 4.77. The predicted octanol–water partition coefficient (Wildman–Crippen LogP) is 0.790. The molecule has 1 saturated heterocycles. The van der Waals surface area contributed by atoms with Gasteiger partial charge >= 0.3 is 0 Å². The van der Waals surface area contributed by atoms with Crippen LogP contribution in [0.2, 0.25) is 0 Å². The van der Waals surface area contributed by atoms with Crippen molar-refractivity contribution in [1.29, 1.82) is 0 Å². The molecule has 1 atom stereocenters. The molecule has 3 heteroatoms. The molecule has 0 aromatic heterocycles. The molecule has 1 unspecified atom stereocenters. The van der Waals surface area contributed by atoms with E-state index in [0.717, 1.165) is 26.3 Å². The van der Waals surface area contributed by atoms with Crippen LogP contribution in [0.1, 0.15) is 20.3 Å². The van der Waals surface area contributed by atoms with Crippen molar-refractivity contribution in [3.63, 3.8) is 0 Å². The maximum Gasteiger partial charge on any atom is 0.104 e. The van der Waals surface area contributed by atoms with Gasteiger partial charge in [-0.25, -0.2) is 0 Å². The Morgan fingerprint density at radius 1 is 1.58 bits per heavy atom. The second-order valence-corrected chi connectivity index (χ2v) is 3.31. The molecular weight excluding hydrogens is 154 g/mol. The van der Waals surface area contributed by atoms with E-state index in [0.29, 0.717) is 12.2 Å². The molecule has 12 heavy (non-hydrogen) atoms. The monoisotopic (exact) mass is 173 g/mol. The average Bonchev–Trinajstić information content (AvgIpc) is 1.98. The summed E-state index contributed by atoms with van der Waals surface area (Å²) in [5.74, 6) is 0. The molecule has 3 nitrogen and oxygen atoms in total. The van der Waals surface area contributed by atoms with Crippen LogP contribution < -0.4 is 5.32 Å². The quantitative estimate of drug-likeness (QED) is 0.602. The fourth-order valence-electron chi connectivity index (χ4n) is 1.15. The maximum absolute atomic E-state index is 5.65. The predicted molar refractivity (Wildman–Crippen MR) is 48.3 cm³/mol. The third-order valence-electron chi connectivity index (χ3n) is 1.89. The Balaban J connectivity index is 1.91. The fourth-order valence-corrected chi connectivity index (χ4v) is 1.15. The van der Waals surface area contributed by atoms with Crippen molar-refractivity contribution in [2.24, 2.45) is 0 Å². The molecule has 1 aliphatic heterocycles. The van der Waals surface area contributed by atoms with E-state index in [1.54, 1.807) is 0 Å². The Morgan fingerprint density at radius 3 is 2.83 bits per heavy atom. The van der Waals surface area contributed by atoms with E-state index in [1.807, 2.05) is 0 Å². The summed E-state index contributed by atoms with van der Waals surface area (Å²) in [5.41, 5.74) is 0. The highest BCUT2D eigenvalue weighted by Crippen LogP contribution is 2.07. The lowest BCUT2D eigenvalue weighted by atomic mass is 10.3. The van der Waals surface area contributed by atoms with Crippen LogP contribution in [-0.2, 0) is 9.47 Å². The van der Waals surface area contributed by atoms with Gasteiger partial charge in [0.15, 0.2) is 0 Å². The number of nitrogens with one attached hydrogen (secondary N) is 1. The molecule has 1 fully saturated rings. The Labute approximate surface area is 74.4 Å². The number of rotatable bonds is 6. The van der Waals surface area contributed by atoms with Gasteiger partial charge in [-0.05, 0) is 19.9 Å². The van der Waals surface area contributed by atoms with E-state index in [4.69, 9.17) is 9.47 Å². The summed E-state index contributed by atoms with van der Waals surface area (Å²) in [6.07, 6.45) is 1.84. The van der Waals surface area contributed by atoms with Crippen molar-refractivity contribution in [3.05, 3.63) is 0 Å². The van der Waals surface area contributed by atoms with Gasteiger partial charge in [0, 0.05) is 6.54 Å². The van der Waals surface area contributed by atoms with Crippen LogP contribution in [0.3, 0.4) is 0 Å². The van der Waals surface area contributed by atoms with Crippen LogP contribution in [0.5, 0.6) is 0 Å². The summed E-state index contributed by atoms with van der Waals surface area (Å²) in [5, 5.41) is 3.32. The van der Waals surface area contributed by atoms with Gasteiger partial charge in [-0.15, -0.1) is 0 Å². The Bertz CT molecular complexity index is 115. The molecule has 0 saturated carbocycles. The minimum atomic E-state index is 0.311. The number of ether oxygens (including phenoxy) is 2. The van der Waals surface area contributed by atoms with E-state index in [2.05, 4.69) is 19.2 Å². The zero-order valence-electron chi connectivity index (χ0n) is 8.01. The number of hydrogen-bond donors (Lipinski definition) is 1. The maximum atomic E-state index is 5.65. The van der Waals surface area contributed by atoms with E-state index < -0.39 is 0 Å². The van der Waals surface area contributed by atoms with Crippen LogP contribution in [0.25, 0.3) is 0 Å². The lowest BCUT2D eigenvalue weighted by Crippen LogP contribution is -2.41. The smallest absolute Gasteiger partial charge is 0.104 e. The molecule has 0 aromatic carbocycles.